The second-order valence-electron chi connectivity index (χ2n) is 4.38. The first-order chi connectivity index (χ1) is 9.82. The molecule has 114 valence electrons. The van der Waals surface area contributed by atoms with E-state index in [1.54, 1.807) is 23.9 Å². The van der Waals surface area contributed by atoms with E-state index in [0.29, 0.717) is 10.8 Å². The second kappa shape index (κ2) is 6.25. The highest BCUT2D eigenvalue weighted by Gasteiger charge is 2.14. The molecule has 1 heterocycles. The van der Waals surface area contributed by atoms with E-state index in [4.69, 9.17) is 27.0 Å². The van der Waals surface area contributed by atoms with E-state index in [9.17, 15) is 8.42 Å². The van der Waals surface area contributed by atoms with Crippen molar-refractivity contribution in [2.45, 2.75) is 24.8 Å². The first kappa shape index (κ1) is 16.1. The predicted molar refractivity (Wildman–Crippen MR) is 81.4 cm³/mol. The standard InChI is InChI=1S/C13H14Cl2N2O3S/c1-3-11-13(14)12(17(2)16-11)8-20-9-4-6-10(7-5-9)21(15,18)19/h4-7H,3,8H2,1-2H3. The van der Waals surface area contributed by atoms with E-state index in [-0.39, 0.29) is 11.5 Å². The number of halogens is 2. The molecule has 21 heavy (non-hydrogen) atoms. The molecule has 0 radical (unpaired) electrons. The summed E-state index contributed by atoms with van der Waals surface area (Å²) in [6, 6.07) is 5.86. The molecule has 0 saturated heterocycles. The van der Waals surface area contributed by atoms with Crippen LogP contribution in [0.4, 0.5) is 0 Å². The molecule has 0 aliphatic carbocycles. The largest absolute Gasteiger partial charge is 0.487 e. The summed E-state index contributed by atoms with van der Waals surface area (Å²) >= 11 is 6.22. The third-order valence-electron chi connectivity index (χ3n) is 2.98. The number of aromatic nitrogens is 2. The first-order valence-corrected chi connectivity index (χ1v) is 8.89. The summed E-state index contributed by atoms with van der Waals surface area (Å²) in [5, 5.41) is 4.89. The van der Waals surface area contributed by atoms with Crippen LogP contribution in [0.5, 0.6) is 5.75 Å². The summed E-state index contributed by atoms with van der Waals surface area (Å²) in [6.45, 7) is 2.22. The molecular formula is C13H14Cl2N2O3S. The Morgan fingerprint density at radius 1 is 1.29 bits per heavy atom. The average Bonchev–Trinajstić information content (AvgIpc) is 2.70. The summed E-state index contributed by atoms with van der Waals surface area (Å²) in [7, 11) is 3.33. The molecule has 0 atom stereocenters. The number of rotatable bonds is 5. The minimum absolute atomic E-state index is 0.0309. The van der Waals surface area contributed by atoms with Crippen LogP contribution in [0.15, 0.2) is 29.2 Å². The third-order valence-corrected chi connectivity index (χ3v) is 4.79. The summed E-state index contributed by atoms with van der Waals surface area (Å²) in [5.41, 5.74) is 1.59. The number of benzene rings is 1. The van der Waals surface area contributed by atoms with Crippen molar-refractivity contribution in [2.24, 2.45) is 7.05 Å². The molecule has 0 fully saturated rings. The fourth-order valence-corrected chi connectivity index (χ4v) is 2.94. The zero-order valence-corrected chi connectivity index (χ0v) is 13.8. The molecule has 1 aromatic carbocycles. The Labute approximate surface area is 132 Å². The van der Waals surface area contributed by atoms with Crippen LogP contribution in [0.25, 0.3) is 0 Å². The van der Waals surface area contributed by atoms with Gasteiger partial charge in [-0.1, -0.05) is 18.5 Å². The van der Waals surface area contributed by atoms with Gasteiger partial charge in [0.2, 0.25) is 0 Å². The molecule has 8 heteroatoms. The van der Waals surface area contributed by atoms with Crippen LogP contribution in [0.3, 0.4) is 0 Å². The Kier molecular flexibility index (Phi) is 4.81. The quantitative estimate of drug-likeness (QED) is 0.778. The molecule has 2 aromatic rings. The zero-order chi connectivity index (χ0) is 15.6. The van der Waals surface area contributed by atoms with Crippen molar-refractivity contribution in [3.63, 3.8) is 0 Å². The maximum atomic E-state index is 11.1. The van der Waals surface area contributed by atoms with E-state index in [2.05, 4.69) is 5.10 Å². The van der Waals surface area contributed by atoms with Crippen molar-refractivity contribution in [3.05, 3.63) is 40.7 Å². The van der Waals surface area contributed by atoms with Crippen molar-refractivity contribution in [3.8, 4) is 5.75 Å². The molecular weight excluding hydrogens is 335 g/mol. The lowest BCUT2D eigenvalue weighted by molar-refractivity contribution is 0.295. The number of ether oxygens (including phenoxy) is 1. The Hall–Kier alpha value is -1.24. The normalized spacial score (nSPS) is 11.6. The van der Waals surface area contributed by atoms with Crippen LogP contribution < -0.4 is 4.74 Å². The van der Waals surface area contributed by atoms with E-state index >= 15 is 0 Å². The van der Waals surface area contributed by atoms with E-state index in [0.717, 1.165) is 17.8 Å². The summed E-state index contributed by atoms with van der Waals surface area (Å²) < 4.78 is 29.6. The van der Waals surface area contributed by atoms with Gasteiger partial charge in [0.1, 0.15) is 12.4 Å². The molecule has 0 aliphatic heterocycles. The van der Waals surface area contributed by atoms with Crippen molar-refractivity contribution in [2.75, 3.05) is 0 Å². The lowest BCUT2D eigenvalue weighted by Gasteiger charge is -2.07. The fourth-order valence-electron chi connectivity index (χ4n) is 1.83. The van der Waals surface area contributed by atoms with Gasteiger partial charge in [0.05, 0.1) is 21.3 Å². The Balaban J connectivity index is 2.12. The molecule has 0 N–H and O–H groups in total. The van der Waals surface area contributed by atoms with Crippen molar-refractivity contribution in [1.82, 2.24) is 9.78 Å². The molecule has 0 unspecified atom stereocenters. The highest BCUT2D eigenvalue weighted by molar-refractivity contribution is 8.13. The lowest BCUT2D eigenvalue weighted by atomic mass is 10.3. The number of nitrogens with zero attached hydrogens (tertiary/aromatic N) is 2. The highest BCUT2D eigenvalue weighted by atomic mass is 35.7. The summed E-state index contributed by atoms with van der Waals surface area (Å²) in [4.78, 5) is 0.0309. The summed E-state index contributed by atoms with van der Waals surface area (Å²) in [6.07, 6.45) is 0.745. The SMILES string of the molecule is CCc1nn(C)c(COc2ccc(S(=O)(=O)Cl)cc2)c1Cl. The van der Waals surface area contributed by atoms with Crippen LogP contribution in [0.2, 0.25) is 5.02 Å². The molecule has 1 aromatic heterocycles. The van der Waals surface area contributed by atoms with E-state index < -0.39 is 9.05 Å². The minimum atomic E-state index is -3.72. The van der Waals surface area contributed by atoms with Gasteiger partial charge in [0.15, 0.2) is 0 Å². The Bertz CT molecular complexity index is 740. The van der Waals surface area contributed by atoms with Gasteiger partial charge in [0.25, 0.3) is 9.05 Å². The highest BCUT2D eigenvalue weighted by Crippen LogP contribution is 2.24. The second-order valence-corrected chi connectivity index (χ2v) is 7.33. The minimum Gasteiger partial charge on any atom is -0.487 e. The van der Waals surface area contributed by atoms with Crippen molar-refractivity contribution in [1.29, 1.82) is 0 Å². The van der Waals surface area contributed by atoms with Crippen LogP contribution in [-0.2, 0) is 29.1 Å². The van der Waals surface area contributed by atoms with Crippen LogP contribution >= 0.6 is 22.3 Å². The van der Waals surface area contributed by atoms with Gasteiger partial charge in [-0.25, -0.2) is 8.42 Å². The van der Waals surface area contributed by atoms with Gasteiger partial charge in [-0.05, 0) is 30.7 Å². The van der Waals surface area contributed by atoms with Crippen molar-refractivity contribution < 1.29 is 13.2 Å². The molecule has 0 bridgehead atoms. The van der Waals surface area contributed by atoms with Crippen LogP contribution in [0.1, 0.15) is 18.3 Å². The van der Waals surface area contributed by atoms with Gasteiger partial charge in [-0.3, -0.25) is 4.68 Å². The van der Waals surface area contributed by atoms with Gasteiger partial charge in [0, 0.05) is 17.7 Å². The third kappa shape index (κ3) is 3.70. The smallest absolute Gasteiger partial charge is 0.261 e. The van der Waals surface area contributed by atoms with Gasteiger partial charge in [-0.2, -0.15) is 5.10 Å². The van der Waals surface area contributed by atoms with E-state index in [1.807, 2.05) is 6.92 Å². The molecule has 0 spiro atoms. The predicted octanol–water partition coefficient (Wildman–Crippen LogP) is 3.14. The molecule has 5 nitrogen and oxygen atoms in total. The number of aryl methyl sites for hydroxylation is 2. The lowest BCUT2D eigenvalue weighted by Crippen LogP contribution is -2.03. The number of hydrogen-bond donors (Lipinski definition) is 0. The zero-order valence-electron chi connectivity index (χ0n) is 11.5. The number of hydrogen-bond acceptors (Lipinski definition) is 4. The van der Waals surface area contributed by atoms with Crippen LogP contribution in [0, 0.1) is 0 Å². The van der Waals surface area contributed by atoms with Gasteiger partial charge >= 0.3 is 0 Å². The Morgan fingerprint density at radius 3 is 2.38 bits per heavy atom. The van der Waals surface area contributed by atoms with Gasteiger partial charge < -0.3 is 4.74 Å². The first-order valence-electron chi connectivity index (χ1n) is 6.20. The maximum Gasteiger partial charge on any atom is 0.261 e. The summed E-state index contributed by atoms with van der Waals surface area (Å²) in [5.74, 6) is 0.523. The fraction of sp³-hybridized carbons (Fsp3) is 0.308. The monoisotopic (exact) mass is 348 g/mol. The molecule has 0 saturated carbocycles. The Morgan fingerprint density at radius 2 is 1.90 bits per heavy atom. The molecule has 0 amide bonds. The van der Waals surface area contributed by atoms with E-state index in [1.165, 1.54) is 12.1 Å². The molecule has 2 rings (SSSR count). The molecule has 0 aliphatic rings. The van der Waals surface area contributed by atoms with Gasteiger partial charge in [-0.15, -0.1) is 0 Å². The van der Waals surface area contributed by atoms with Crippen LogP contribution in [-0.4, -0.2) is 18.2 Å². The average molecular weight is 349 g/mol. The van der Waals surface area contributed by atoms with Crippen molar-refractivity contribution >= 4 is 31.3 Å². The topological polar surface area (TPSA) is 61.2 Å². The maximum absolute atomic E-state index is 11.1.